The number of fused-ring (bicyclic) bond motifs is 1. The molecular weight excluding hydrogens is 522 g/mol. The van der Waals surface area contributed by atoms with Gasteiger partial charge in [0.15, 0.2) is 0 Å². The molecule has 3 aromatic rings. The van der Waals surface area contributed by atoms with Crippen molar-refractivity contribution >= 4 is 47.2 Å². The number of aliphatic carboxylic acids is 1. The number of nitrogens with one attached hydrogen (secondary N) is 5. The highest BCUT2D eigenvalue weighted by atomic mass is 32.1. The van der Waals surface area contributed by atoms with Crippen LogP contribution in [0.4, 0.5) is 0 Å². The van der Waals surface area contributed by atoms with Crippen molar-refractivity contribution in [2.24, 2.45) is 11.7 Å². The van der Waals surface area contributed by atoms with Crippen LogP contribution in [0, 0.1) is 5.92 Å². The zero-order valence-corrected chi connectivity index (χ0v) is 22.7. The molecule has 0 aliphatic rings. The third-order valence-electron chi connectivity index (χ3n) is 6.20. The predicted molar refractivity (Wildman–Crippen MR) is 149 cm³/mol. The molecule has 0 aliphatic heterocycles. The Labute approximate surface area is 231 Å². The molecule has 1 aromatic carbocycles. The highest BCUT2D eigenvalue weighted by Crippen LogP contribution is 2.18. The van der Waals surface area contributed by atoms with Crippen molar-refractivity contribution < 1.29 is 24.3 Å². The van der Waals surface area contributed by atoms with E-state index in [9.17, 15) is 24.3 Å². The number of aromatic amines is 2. The van der Waals surface area contributed by atoms with E-state index >= 15 is 0 Å². The minimum absolute atomic E-state index is 0.00516. The number of amides is 3. The number of carboxylic acids is 1. The van der Waals surface area contributed by atoms with Crippen LogP contribution in [0.5, 0.6) is 0 Å². The molecule has 12 nitrogen and oxygen atoms in total. The van der Waals surface area contributed by atoms with Gasteiger partial charge in [-0.05, 0) is 30.4 Å². The van der Waals surface area contributed by atoms with E-state index in [0.29, 0.717) is 5.69 Å². The molecular formula is C26H35N7O5S. The molecule has 3 rings (SSSR count). The van der Waals surface area contributed by atoms with Gasteiger partial charge in [0.05, 0.1) is 12.4 Å². The molecule has 8 N–H and O–H groups in total. The van der Waals surface area contributed by atoms with Crippen LogP contribution < -0.4 is 21.7 Å². The Morgan fingerprint density at radius 2 is 1.64 bits per heavy atom. The third-order valence-corrected chi connectivity index (χ3v) is 6.57. The van der Waals surface area contributed by atoms with Gasteiger partial charge in [0.1, 0.15) is 18.1 Å². The second-order valence-corrected chi connectivity index (χ2v) is 10.2. The van der Waals surface area contributed by atoms with Crippen LogP contribution in [0.2, 0.25) is 0 Å². The fourth-order valence-electron chi connectivity index (χ4n) is 4.17. The van der Waals surface area contributed by atoms with Crippen LogP contribution >= 0.6 is 12.6 Å². The van der Waals surface area contributed by atoms with Gasteiger partial charge in [0.2, 0.25) is 17.7 Å². The van der Waals surface area contributed by atoms with E-state index in [4.69, 9.17) is 5.73 Å². The molecule has 4 unspecified atom stereocenters. The van der Waals surface area contributed by atoms with Crippen LogP contribution in [0.3, 0.4) is 0 Å². The van der Waals surface area contributed by atoms with Crippen molar-refractivity contribution in [3.63, 3.8) is 0 Å². The van der Waals surface area contributed by atoms with Crippen LogP contribution in [0.15, 0.2) is 43.0 Å². The summed E-state index contributed by atoms with van der Waals surface area (Å²) >= 11 is 4.20. The van der Waals surface area contributed by atoms with Crippen LogP contribution in [0.1, 0.15) is 31.5 Å². The first kappa shape index (κ1) is 29.7. The first-order valence-electron chi connectivity index (χ1n) is 12.6. The lowest BCUT2D eigenvalue weighted by molar-refractivity contribution is -0.142. The number of hydrogen-bond acceptors (Lipinski definition) is 7. The zero-order chi connectivity index (χ0) is 28.5. The molecule has 0 bridgehead atoms. The topological polar surface area (TPSA) is 195 Å². The number of hydrogen-bond donors (Lipinski definition) is 8. The van der Waals surface area contributed by atoms with Crippen LogP contribution in [0.25, 0.3) is 10.9 Å². The van der Waals surface area contributed by atoms with Crippen molar-refractivity contribution in [1.29, 1.82) is 0 Å². The standard InChI is InChI=1S/C26H35N7O5S/c1-14(2)7-20(24(35)32-21(26(37)38)9-16-11-28-13-30-16)31-25(36)22(12-39)33-23(34)18(27)8-15-10-29-19-6-4-3-5-17(15)19/h3-6,10-11,13-14,18,20-22,29,39H,7-9,12,27H2,1-2H3,(H,28,30)(H,31,36)(H,32,35)(H,33,34)(H,37,38). The summed E-state index contributed by atoms with van der Waals surface area (Å²) in [5, 5.41) is 18.3. The summed E-state index contributed by atoms with van der Waals surface area (Å²) in [4.78, 5) is 60.5. The molecule has 0 saturated carbocycles. The number of nitrogens with two attached hydrogens (primary N) is 1. The summed E-state index contributed by atoms with van der Waals surface area (Å²) < 4.78 is 0. The van der Waals surface area contributed by atoms with E-state index in [1.54, 1.807) is 6.20 Å². The Bertz CT molecular complexity index is 1280. The highest BCUT2D eigenvalue weighted by Gasteiger charge is 2.30. The number of benzene rings is 1. The Hall–Kier alpha value is -3.84. The normalized spacial score (nSPS) is 14.4. The molecule has 2 heterocycles. The van der Waals surface area contributed by atoms with Crippen molar-refractivity contribution in [1.82, 2.24) is 30.9 Å². The number of imidazole rings is 1. The Balaban J connectivity index is 1.62. The average molecular weight is 558 g/mol. The van der Waals surface area contributed by atoms with Gasteiger partial charge in [-0.3, -0.25) is 14.4 Å². The molecule has 2 aromatic heterocycles. The minimum atomic E-state index is -1.23. The highest BCUT2D eigenvalue weighted by molar-refractivity contribution is 7.80. The first-order chi connectivity index (χ1) is 18.6. The summed E-state index contributed by atoms with van der Waals surface area (Å²) in [7, 11) is 0. The van der Waals surface area contributed by atoms with Gasteiger partial charge in [-0.2, -0.15) is 12.6 Å². The van der Waals surface area contributed by atoms with Crippen LogP contribution in [-0.2, 0) is 32.0 Å². The number of rotatable bonds is 14. The summed E-state index contributed by atoms with van der Waals surface area (Å²) in [5.74, 6) is -3.07. The van der Waals surface area contributed by atoms with Gasteiger partial charge in [-0.1, -0.05) is 32.0 Å². The number of carbonyl (C=O) groups is 4. The smallest absolute Gasteiger partial charge is 0.326 e. The molecule has 0 saturated heterocycles. The van der Waals surface area contributed by atoms with E-state index in [-0.39, 0.29) is 30.9 Å². The first-order valence-corrected chi connectivity index (χ1v) is 13.2. The number of thiol groups is 1. The monoisotopic (exact) mass is 557 g/mol. The molecule has 3 amide bonds. The second-order valence-electron chi connectivity index (χ2n) is 9.78. The fourth-order valence-corrected chi connectivity index (χ4v) is 4.42. The van der Waals surface area contributed by atoms with E-state index in [1.807, 2.05) is 38.1 Å². The summed E-state index contributed by atoms with van der Waals surface area (Å²) in [6, 6.07) is 3.41. The SMILES string of the molecule is CC(C)CC(NC(=O)C(CS)NC(=O)C(N)Cc1c[nH]c2ccccc12)C(=O)NC(Cc1cnc[nH]1)C(=O)O. The molecule has 0 aliphatic carbocycles. The number of carbonyl (C=O) groups excluding carboxylic acids is 3. The van der Waals surface area contributed by atoms with Crippen molar-refractivity contribution in [3.8, 4) is 0 Å². The third kappa shape index (κ3) is 8.32. The van der Waals surface area contributed by atoms with Crippen molar-refractivity contribution in [2.45, 2.75) is 57.3 Å². The summed E-state index contributed by atoms with van der Waals surface area (Å²) in [5.41, 5.74) is 8.48. The number of nitrogens with zero attached hydrogens (tertiary/aromatic N) is 1. The van der Waals surface area contributed by atoms with Crippen molar-refractivity contribution in [3.05, 3.63) is 54.2 Å². The Morgan fingerprint density at radius 1 is 0.974 bits per heavy atom. The van der Waals surface area contributed by atoms with E-state index < -0.39 is 47.9 Å². The van der Waals surface area contributed by atoms with Crippen molar-refractivity contribution in [2.75, 3.05) is 5.75 Å². The Kier molecular flexibility index (Phi) is 10.5. The molecule has 210 valence electrons. The lowest BCUT2D eigenvalue weighted by Crippen LogP contribution is -2.58. The number of aromatic nitrogens is 3. The summed E-state index contributed by atoms with van der Waals surface area (Å²) in [6.07, 6.45) is 5.18. The largest absolute Gasteiger partial charge is 0.480 e. The lowest BCUT2D eigenvalue weighted by Gasteiger charge is -2.25. The predicted octanol–water partition coefficient (Wildman–Crippen LogP) is 0.518. The van der Waals surface area contributed by atoms with Gasteiger partial charge in [0.25, 0.3) is 0 Å². The number of carboxylic acid groups (broad SMARTS) is 1. The Morgan fingerprint density at radius 3 is 2.28 bits per heavy atom. The van der Waals surface area contributed by atoms with Gasteiger partial charge in [-0.15, -0.1) is 0 Å². The molecule has 4 atom stereocenters. The fraction of sp³-hybridized carbons (Fsp3) is 0.423. The quantitative estimate of drug-likeness (QED) is 0.132. The van der Waals surface area contributed by atoms with Gasteiger partial charge in [-0.25, -0.2) is 9.78 Å². The summed E-state index contributed by atoms with van der Waals surface area (Å²) in [6.45, 7) is 3.74. The maximum absolute atomic E-state index is 13.1. The van der Waals surface area contributed by atoms with E-state index in [0.717, 1.165) is 16.5 Å². The molecule has 39 heavy (non-hydrogen) atoms. The molecule has 13 heteroatoms. The molecule has 0 spiro atoms. The number of H-pyrrole nitrogens is 2. The van der Waals surface area contributed by atoms with Gasteiger partial charge in [0, 0.05) is 41.2 Å². The lowest BCUT2D eigenvalue weighted by atomic mass is 10.0. The zero-order valence-electron chi connectivity index (χ0n) is 21.8. The average Bonchev–Trinajstić information content (AvgIpc) is 3.56. The number of para-hydroxylation sites is 1. The van der Waals surface area contributed by atoms with E-state index in [1.165, 1.54) is 12.5 Å². The van der Waals surface area contributed by atoms with Gasteiger partial charge < -0.3 is 36.8 Å². The minimum Gasteiger partial charge on any atom is -0.480 e. The van der Waals surface area contributed by atoms with Gasteiger partial charge >= 0.3 is 5.97 Å². The molecule has 0 radical (unpaired) electrons. The molecule has 0 fully saturated rings. The second kappa shape index (κ2) is 13.8. The maximum Gasteiger partial charge on any atom is 0.326 e. The maximum atomic E-state index is 13.1. The van der Waals surface area contributed by atoms with Crippen LogP contribution in [-0.4, -0.2) is 73.7 Å². The van der Waals surface area contributed by atoms with E-state index in [2.05, 4.69) is 43.5 Å².